The highest BCUT2D eigenvalue weighted by Gasteiger charge is 2.10. The van der Waals surface area contributed by atoms with Gasteiger partial charge in [-0.2, -0.15) is 5.26 Å². The van der Waals surface area contributed by atoms with Crippen molar-refractivity contribution < 1.29 is 9.53 Å². The van der Waals surface area contributed by atoms with Gasteiger partial charge in [0.05, 0.1) is 12.8 Å². The average molecular weight is 329 g/mol. The van der Waals surface area contributed by atoms with Gasteiger partial charge in [-0.3, -0.25) is 4.79 Å². The number of aromatic nitrogens is 1. The van der Waals surface area contributed by atoms with Crippen molar-refractivity contribution in [2.24, 2.45) is 0 Å². The molecule has 2 aromatic rings. The van der Waals surface area contributed by atoms with Crippen LogP contribution in [0.4, 0.5) is 11.4 Å². The summed E-state index contributed by atoms with van der Waals surface area (Å²) in [5.74, 6) is 0.136. The van der Waals surface area contributed by atoms with E-state index in [0.717, 1.165) is 0 Å². The zero-order valence-corrected chi connectivity index (χ0v) is 13.0. The molecular formula is C16H13ClN4O2. The van der Waals surface area contributed by atoms with Gasteiger partial charge in [0.1, 0.15) is 17.4 Å². The molecule has 0 saturated heterocycles. The molecule has 116 valence electrons. The Labute approximate surface area is 138 Å². The summed E-state index contributed by atoms with van der Waals surface area (Å²) in [7, 11) is 1.55. The first-order valence-corrected chi connectivity index (χ1v) is 6.94. The molecule has 0 aliphatic rings. The van der Waals surface area contributed by atoms with Gasteiger partial charge in [-0.15, -0.1) is 0 Å². The van der Waals surface area contributed by atoms with Crippen molar-refractivity contribution in [3.8, 4) is 11.8 Å². The van der Waals surface area contributed by atoms with Crippen molar-refractivity contribution in [1.29, 1.82) is 5.26 Å². The predicted octanol–water partition coefficient (Wildman–Crippen LogP) is 3.20. The Morgan fingerprint density at radius 1 is 1.35 bits per heavy atom. The number of benzene rings is 1. The highest BCUT2D eigenvalue weighted by Crippen LogP contribution is 2.18. The van der Waals surface area contributed by atoms with E-state index in [0.29, 0.717) is 17.1 Å². The fourth-order valence-corrected chi connectivity index (χ4v) is 1.84. The van der Waals surface area contributed by atoms with Gasteiger partial charge in [0.25, 0.3) is 5.91 Å². The van der Waals surface area contributed by atoms with Gasteiger partial charge in [0.2, 0.25) is 0 Å². The molecule has 1 aromatic carbocycles. The van der Waals surface area contributed by atoms with Crippen LogP contribution in [0.15, 0.2) is 54.4 Å². The van der Waals surface area contributed by atoms with Gasteiger partial charge in [-0.25, -0.2) is 4.98 Å². The van der Waals surface area contributed by atoms with Crippen molar-refractivity contribution >= 4 is 28.9 Å². The van der Waals surface area contributed by atoms with Crippen molar-refractivity contribution in [1.82, 2.24) is 4.98 Å². The van der Waals surface area contributed by atoms with Crippen LogP contribution in [-0.4, -0.2) is 18.0 Å². The number of nitrogens with zero attached hydrogens (tertiary/aromatic N) is 2. The van der Waals surface area contributed by atoms with Crippen LogP contribution in [0, 0.1) is 11.3 Å². The molecule has 0 bridgehead atoms. The van der Waals surface area contributed by atoms with Gasteiger partial charge in [-0.1, -0.05) is 11.6 Å². The molecule has 0 unspecified atom stereocenters. The standard InChI is InChI=1S/C16H13ClN4O2/c1-23-13-6-4-12(5-7-13)21-16(22)11(9-18)10-20-14-3-2-8-19-15(14)17/h2-8,10,20H,1H3,(H,21,22)/b11-10-. The number of amides is 1. The summed E-state index contributed by atoms with van der Waals surface area (Å²) in [6.07, 6.45) is 2.82. The Kier molecular flexibility index (Phi) is 5.56. The second kappa shape index (κ2) is 7.82. The minimum Gasteiger partial charge on any atom is -0.497 e. The van der Waals surface area contributed by atoms with Gasteiger partial charge < -0.3 is 15.4 Å². The SMILES string of the molecule is COc1ccc(NC(=O)/C(C#N)=C\Nc2cccnc2Cl)cc1. The second-order valence-electron chi connectivity index (χ2n) is 4.34. The maximum Gasteiger partial charge on any atom is 0.267 e. The number of nitriles is 1. The molecule has 1 heterocycles. The van der Waals surface area contributed by atoms with E-state index in [2.05, 4.69) is 15.6 Å². The second-order valence-corrected chi connectivity index (χ2v) is 4.70. The quantitative estimate of drug-likeness (QED) is 0.500. The van der Waals surface area contributed by atoms with Crippen LogP contribution < -0.4 is 15.4 Å². The summed E-state index contributed by atoms with van der Waals surface area (Å²) < 4.78 is 5.04. The van der Waals surface area contributed by atoms with Crippen LogP contribution in [0.25, 0.3) is 0 Å². The zero-order chi connectivity index (χ0) is 16.7. The minimum atomic E-state index is -0.537. The van der Waals surface area contributed by atoms with Crippen molar-refractivity contribution in [2.45, 2.75) is 0 Å². The molecule has 0 aliphatic heterocycles. The van der Waals surface area contributed by atoms with Crippen LogP contribution in [0.3, 0.4) is 0 Å². The van der Waals surface area contributed by atoms with E-state index in [1.165, 1.54) is 6.20 Å². The molecule has 1 aromatic heterocycles. The van der Waals surface area contributed by atoms with Crippen LogP contribution in [0.2, 0.25) is 5.15 Å². The molecule has 6 nitrogen and oxygen atoms in total. The molecule has 1 amide bonds. The molecule has 23 heavy (non-hydrogen) atoms. The van der Waals surface area contributed by atoms with E-state index >= 15 is 0 Å². The molecule has 0 atom stereocenters. The Bertz CT molecular complexity index is 766. The van der Waals surface area contributed by atoms with E-state index in [1.54, 1.807) is 49.7 Å². The highest BCUT2D eigenvalue weighted by atomic mass is 35.5. The largest absolute Gasteiger partial charge is 0.497 e. The summed E-state index contributed by atoms with van der Waals surface area (Å²) in [6, 6.07) is 12.0. The molecule has 0 aliphatic carbocycles. The fraction of sp³-hybridized carbons (Fsp3) is 0.0625. The van der Waals surface area contributed by atoms with Crippen molar-refractivity contribution in [3.63, 3.8) is 0 Å². The highest BCUT2D eigenvalue weighted by molar-refractivity contribution is 6.32. The number of halogens is 1. The van der Waals surface area contributed by atoms with Gasteiger partial charge in [0, 0.05) is 18.1 Å². The Balaban J connectivity index is 2.07. The number of hydrogen-bond donors (Lipinski definition) is 2. The molecule has 0 spiro atoms. The normalized spacial score (nSPS) is 10.6. The molecule has 0 saturated carbocycles. The molecule has 0 radical (unpaired) electrons. The first-order valence-electron chi connectivity index (χ1n) is 6.56. The van der Waals surface area contributed by atoms with Crippen LogP contribution in [0.1, 0.15) is 0 Å². The number of anilines is 2. The summed E-state index contributed by atoms with van der Waals surface area (Å²) in [4.78, 5) is 16.0. The minimum absolute atomic E-state index is 0.0965. The first-order chi connectivity index (χ1) is 11.1. The third-order valence-corrected chi connectivity index (χ3v) is 3.15. The fourth-order valence-electron chi connectivity index (χ4n) is 1.66. The number of pyridine rings is 1. The number of nitrogens with one attached hydrogen (secondary N) is 2. The number of methoxy groups -OCH3 is 1. The first kappa shape index (κ1) is 16.3. The Morgan fingerprint density at radius 2 is 2.09 bits per heavy atom. The number of ether oxygens (including phenoxy) is 1. The van der Waals surface area contributed by atoms with E-state index in [4.69, 9.17) is 21.6 Å². The zero-order valence-electron chi connectivity index (χ0n) is 12.2. The predicted molar refractivity (Wildman–Crippen MR) is 88.2 cm³/mol. The van der Waals surface area contributed by atoms with Crippen LogP contribution in [-0.2, 0) is 4.79 Å². The van der Waals surface area contributed by atoms with Gasteiger partial charge in [-0.05, 0) is 36.4 Å². The van der Waals surface area contributed by atoms with Crippen LogP contribution in [0.5, 0.6) is 5.75 Å². The number of carbonyl (C=O) groups excluding carboxylic acids is 1. The summed E-state index contributed by atoms with van der Waals surface area (Å²) in [5, 5.41) is 14.8. The maximum atomic E-state index is 12.1. The molecule has 0 fully saturated rings. The van der Waals surface area contributed by atoms with Crippen molar-refractivity contribution in [2.75, 3.05) is 17.7 Å². The summed E-state index contributed by atoms with van der Waals surface area (Å²) >= 11 is 5.89. The smallest absolute Gasteiger partial charge is 0.267 e. The lowest BCUT2D eigenvalue weighted by Gasteiger charge is -2.06. The molecular weight excluding hydrogens is 316 g/mol. The van der Waals surface area contributed by atoms with Crippen molar-refractivity contribution in [3.05, 3.63) is 59.5 Å². The monoisotopic (exact) mass is 328 g/mol. The van der Waals surface area contributed by atoms with Gasteiger partial charge >= 0.3 is 0 Å². The van der Waals surface area contributed by atoms with E-state index < -0.39 is 5.91 Å². The van der Waals surface area contributed by atoms with E-state index in [1.807, 2.05) is 6.07 Å². The third-order valence-electron chi connectivity index (χ3n) is 2.84. The molecule has 2 N–H and O–H groups in total. The number of hydrogen-bond acceptors (Lipinski definition) is 5. The van der Waals surface area contributed by atoms with Crippen LogP contribution >= 0.6 is 11.6 Å². The Hall–Kier alpha value is -3.04. The lowest BCUT2D eigenvalue weighted by molar-refractivity contribution is -0.112. The lowest BCUT2D eigenvalue weighted by Crippen LogP contribution is -2.14. The average Bonchev–Trinajstić information content (AvgIpc) is 2.57. The topological polar surface area (TPSA) is 87.0 Å². The van der Waals surface area contributed by atoms with E-state index in [9.17, 15) is 4.79 Å². The Morgan fingerprint density at radius 3 is 2.70 bits per heavy atom. The van der Waals surface area contributed by atoms with Gasteiger partial charge in [0.15, 0.2) is 5.15 Å². The third kappa shape index (κ3) is 4.46. The molecule has 2 rings (SSSR count). The lowest BCUT2D eigenvalue weighted by atomic mass is 10.2. The summed E-state index contributed by atoms with van der Waals surface area (Å²) in [5.41, 5.74) is 0.955. The van der Waals surface area contributed by atoms with E-state index in [-0.39, 0.29) is 10.7 Å². The number of rotatable bonds is 5. The summed E-state index contributed by atoms with van der Waals surface area (Å²) in [6.45, 7) is 0. The molecule has 7 heteroatoms. The maximum absolute atomic E-state index is 12.1. The number of carbonyl (C=O) groups is 1.